The highest BCUT2D eigenvalue weighted by Crippen LogP contribution is 2.29. The van der Waals surface area contributed by atoms with Gasteiger partial charge < -0.3 is 15.7 Å². The molecule has 116 valence electrons. The molecule has 2 rings (SSSR count). The molecule has 0 aromatic heterocycles. The van der Waals surface area contributed by atoms with Gasteiger partial charge in [0.1, 0.15) is 0 Å². The van der Waals surface area contributed by atoms with Crippen LogP contribution in [0.1, 0.15) is 50.3 Å². The first-order valence-corrected chi connectivity index (χ1v) is 7.90. The van der Waals surface area contributed by atoms with Crippen LogP contribution in [-0.2, 0) is 6.42 Å². The Hall–Kier alpha value is -1.55. The molecule has 4 heteroatoms. The van der Waals surface area contributed by atoms with Crippen molar-refractivity contribution in [2.45, 2.75) is 51.6 Å². The quantitative estimate of drug-likeness (QED) is 0.754. The van der Waals surface area contributed by atoms with Gasteiger partial charge in [-0.3, -0.25) is 0 Å². The smallest absolute Gasteiger partial charge is 0.315 e. The Labute approximate surface area is 126 Å². The average molecular weight is 290 g/mol. The summed E-state index contributed by atoms with van der Waals surface area (Å²) < 4.78 is 0. The van der Waals surface area contributed by atoms with E-state index in [1.807, 2.05) is 31.2 Å². The Kier molecular flexibility index (Phi) is 5.62. The molecule has 2 amide bonds. The fraction of sp³-hybridized carbons (Fsp3) is 0.588. The molecule has 0 bridgehead atoms. The Morgan fingerprint density at radius 1 is 1.29 bits per heavy atom. The fourth-order valence-electron chi connectivity index (χ4n) is 2.68. The normalized spacial score (nSPS) is 17.7. The van der Waals surface area contributed by atoms with Gasteiger partial charge >= 0.3 is 6.03 Å². The highest BCUT2D eigenvalue weighted by molar-refractivity contribution is 5.74. The summed E-state index contributed by atoms with van der Waals surface area (Å²) in [7, 11) is 0. The van der Waals surface area contributed by atoms with Crippen molar-refractivity contribution in [3.8, 4) is 0 Å². The lowest BCUT2D eigenvalue weighted by molar-refractivity contribution is 0.199. The van der Waals surface area contributed by atoms with Crippen LogP contribution in [0.25, 0.3) is 0 Å². The minimum Gasteiger partial charge on any atom is -0.394 e. The van der Waals surface area contributed by atoms with Crippen LogP contribution in [0.2, 0.25) is 0 Å². The van der Waals surface area contributed by atoms with Crippen LogP contribution in [0.4, 0.5) is 4.79 Å². The number of nitrogens with one attached hydrogen (secondary N) is 2. The third-order valence-corrected chi connectivity index (χ3v) is 4.49. The number of carbonyl (C=O) groups excluding carboxylic acids is 1. The Morgan fingerprint density at radius 2 is 1.95 bits per heavy atom. The predicted octanol–water partition coefficient (Wildman–Crippen LogP) is 2.77. The largest absolute Gasteiger partial charge is 0.394 e. The van der Waals surface area contributed by atoms with E-state index < -0.39 is 0 Å². The van der Waals surface area contributed by atoms with Crippen molar-refractivity contribution < 1.29 is 9.90 Å². The van der Waals surface area contributed by atoms with Crippen LogP contribution >= 0.6 is 0 Å². The second-order valence-corrected chi connectivity index (χ2v) is 5.93. The number of hydrogen-bond acceptors (Lipinski definition) is 2. The summed E-state index contributed by atoms with van der Waals surface area (Å²) in [6, 6.07) is 7.64. The molecule has 1 saturated carbocycles. The molecular weight excluding hydrogens is 264 g/mol. The molecule has 0 heterocycles. The van der Waals surface area contributed by atoms with E-state index in [0.717, 1.165) is 12.0 Å². The van der Waals surface area contributed by atoms with Crippen LogP contribution in [0.15, 0.2) is 24.3 Å². The minimum absolute atomic E-state index is 0.100. The molecule has 2 unspecified atom stereocenters. The Balaban J connectivity index is 1.89. The van der Waals surface area contributed by atoms with Crippen molar-refractivity contribution in [1.29, 1.82) is 0 Å². The fourth-order valence-corrected chi connectivity index (χ4v) is 2.68. The number of amides is 2. The van der Waals surface area contributed by atoms with Gasteiger partial charge in [0.05, 0.1) is 12.6 Å². The third-order valence-electron chi connectivity index (χ3n) is 4.49. The molecule has 1 aliphatic rings. The van der Waals surface area contributed by atoms with Gasteiger partial charge in [0.25, 0.3) is 0 Å². The van der Waals surface area contributed by atoms with Crippen LogP contribution in [-0.4, -0.2) is 23.8 Å². The standard InChI is InChI=1S/C17H26N2O2/c1-3-13-7-9-15(10-8-13)16(11-20)19-17(21)18-12(2)14-5-4-6-14/h7-10,12,14,16,20H,3-6,11H2,1-2H3,(H2,18,19,21). The van der Waals surface area contributed by atoms with Gasteiger partial charge in [0.15, 0.2) is 0 Å². The number of aliphatic hydroxyl groups is 1. The van der Waals surface area contributed by atoms with E-state index >= 15 is 0 Å². The van der Waals surface area contributed by atoms with Crippen LogP contribution in [0.5, 0.6) is 0 Å². The molecule has 1 fully saturated rings. The Bertz CT molecular complexity index is 454. The van der Waals surface area contributed by atoms with Gasteiger partial charge in [-0.1, -0.05) is 37.6 Å². The number of rotatable bonds is 6. The maximum absolute atomic E-state index is 12.0. The summed E-state index contributed by atoms with van der Waals surface area (Å²) in [4.78, 5) is 12.0. The zero-order valence-electron chi connectivity index (χ0n) is 12.9. The predicted molar refractivity (Wildman–Crippen MR) is 84.1 cm³/mol. The molecule has 21 heavy (non-hydrogen) atoms. The van der Waals surface area contributed by atoms with Crippen LogP contribution in [0.3, 0.4) is 0 Å². The molecule has 1 aliphatic carbocycles. The van der Waals surface area contributed by atoms with Crippen molar-refractivity contribution in [3.05, 3.63) is 35.4 Å². The molecule has 0 saturated heterocycles. The van der Waals surface area contributed by atoms with Crippen molar-refractivity contribution in [2.24, 2.45) is 5.92 Å². The second-order valence-electron chi connectivity index (χ2n) is 5.93. The van der Waals surface area contributed by atoms with E-state index in [1.165, 1.54) is 24.8 Å². The number of benzene rings is 1. The Morgan fingerprint density at radius 3 is 2.43 bits per heavy atom. The van der Waals surface area contributed by atoms with E-state index in [1.54, 1.807) is 0 Å². The molecule has 0 aliphatic heterocycles. The minimum atomic E-state index is -0.357. The van der Waals surface area contributed by atoms with Gasteiger partial charge in [0, 0.05) is 6.04 Å². The van der Waals surface area contributed by atoms with Crippen molar-refractivity contribution in [3.63, 3.8) is 0 Å². The summed E-state index contributed by atoms with van der Waals surface area (Å²) >= 11 is 0. The summed E-state index contributed by atoms with van der Waals surface area (Å²) in [6.45, 7) is 4.05. The van der Waals surface area contributed by atoms with Crippen LogP contribution in [0, 0.1) is 5.92 Å². The van der Waals surface area contributed by atoms with E-state index in [-0.39, 0.29) is 24.7 Å². The van der Waals surface area contributed by atoms with E-state index in [4.69, 9.17) is 0 Å². The third kappa shape index (κ3) is 4.21. The maximum Gasteiger partial charge on any atom is 0.315 e. The SMILES string of the molecule is CCc1ccc(C(CO)NC(=O)NC(C)C2CCC2)cc1. The molecule has 4 nitrogen and oxygen atoms in total. The monoisotopic (exact) mass is 290 g/mol. The number of aryl methyl sites for hydroxylation is 1. The summed E-state index contributed by atoms with van der Waals surface area (Å²) in [5, 5.41) is 15.3. The zero-order chi connectivity index (χ0) is 15.2. The molecule has 1 aromatic rings. The van der Waals surface area contributed by atoms with Gasteiger partial charge in [-0.2, -0.15) is 0 Å². The first-order valence-electron chi connectivity index (χ1n) is 7.90. The van der Waals surface area contributed by atoms with E-state index in [2.05, 4.69) is 17.6 Å². The first kappa shape index (κ1) is 15.8. The lowest BCUT2D eigenvalue weighted by Crippen LogP contribution is -2.47. The number of urea groups is 1. The summed E-state index contributed by atoms with van der Waals surface area (Å²) in [6.07, 6.45) is 4.64. The second kappa shape index (κ2) is 7.46. The van der Waals surface area contributed by atoms with E-state index in [9.17, 15) is 9.90 Å². The van der Waals surface area contributed by atoms with Gasteiger partial charge in [-0.05, 0) is 43.2 Å². The highest BCUT2D eigenvalue weighted by atomic mass is 16.3. The van der Waals surface area contributed by atoms with E-state index in [0.29, 0.717) is 5.92 Å². The molecule has 0 spiro atoms. The average Bonchev–Trinajstić information content (AvgIpc) is 2.43. The molecule has 2 atom stereocenters. The number of aliphatic hydroxyl groups excluding tert-OH is 1. The van der Waals surface area contributed by atoms with Crippen LogP contribution < -0.4 is 10.6 Å². The molecular formula is C17H26N2O2. The molecule has 0 radical (unpaired) electrons. The number of hydrogen-bond donors (Lipinski definition) is 3. The summed E-state index contributed by atoms with van der Waals surface area (Å²) in [5.41, 5.74) is 2.18. The van der Waals surface area contributed by atoms with Crippen molar-refractivity contribution >= 4 is 6.03 Å². The van der Waals surface area contributed by atoms with Crippen molar-refractivity contribution in [1.82, 2.24) is 10.6 Å². The van der Waals surface area contributed by atoms with Crippen molar-refractivity contribution in [2.75, 3.05) is 6.61 Å². The number of carbonyl (C=O) groups is 1. The lowest BCUT2D eigenvalue weighted by atomic mass is 9.80. The topological polar surface area (TPSA) is 61.4 Å². The van der Waals surface area contributed by atoms with Gasteiger partial charge in [-0.25, -0.2) is 4.79 Å². The van der Waals surface area contributed by atoms with Gasteiger partial charge in [-0.15, -0.1) is 0 Å². The zero-order valence-corrected chi connectivity index (χ0v) is 12.9. The highest BCUT2D eigenvalue weighted by Gasteiger charge is 2.25. The maximum atomic E-state index is 12.0. The first-order chi connectivity index (χ1) is 10.1. The molecule has 1 aromatic carbocycles. The van der Waals surface area contributed by atoms with Gasteiger partial charge in [0.2, 0.25) is 0 Å². The molecule has 3 N–H and O–H groups in total. The lowest BCUT2D eigenvalue weighted by Gasteiger charge is -2.32. The summed E-state index contributed by atoms with van der Waals surface area (Å²) in [5.74, 6) is 0.604.